The van der Waals surface area contributed by atoms with E-state index in [2.05, 4.69) is 10.3 Å². The molecule has 1 saturated heterocycles. The summed E-state index contributed by atoms with van der Waals surface area (Å²) in [6.07, 6.45) is 0.960. The Morgan fingerprint density at radius 2 is 2.00 bits per heavy atom. The van der Waals surface area contributed by atoms with Crippen molar-refractivity contribution in [1.82, 2.24) is 10.3 Å². The average molecular weight is 406 g/mol. The molecule has 3 aromatic rings. The SMILES string of the molecule is Cc1oc(-c2ccccc2)nc1CCOc1cccc(C[C@@H]2C(=O)N[C@@H]2C(=O)O)c1. The van der Waals surface area contributed by atoms with Crippen LogP contribution in [0.4, 0.5) is 0 Å². The molecule has 1 aliphatic heterocycles. The summed E-state index contributed by atoms with van der Waals surface area (Å²) in [5, 5.41) is 11.5. The second kappa shape index (κ2) is 8.41. The van der Waals surface area contributed by atoms with Gasteiger partial charge in [-0.2, -0.15) is 0 Å². The zero-order valence-corrected chi connectivity index (χ0v) is 16.5. The van der Waals surface area contributed by atoms with Gasteiger partial charge in [-0.25, -0.2) is 9.78 Å². The van der Waals surface area contributed by atoms with Crippen LogP contribution in [0.3, 0.4) is 0 Å². The Labute approximate surface area is 173 Å². The van der Waals surface area contributed by atoms with Crippen molar-refractivity contribution in [3.63, 3.8) is 0 Å². The minimum absolute atomic E-state index is 0.232. The molecule has 1 aromatic heterocycles. The molecule has 0 bridgehead atoms. The van der Waals surface area contributed by atoms with Crippen molar-refractivity contribution in [1.29, 1.82) is 0 Å². The largest absolute Gasteiger partial charge is 0.493 e. The Bertz CT molecular complexity index is 1060. The Hall–Kier alpha value is -3.61. The zero-order valence-electron chi connectivity index (χ0n) is 16.5. The Kier molecular flexibility index (Phi) is 5.52. The average Bonchev–Trinajstić information content (AvgIpc) is 3.11. The first-order chi connectivity index (χ1) is 14.5. The van der Waals surface area contributed by atoms with E-state index >= 15 is 0 Å². The molecular weight excluding hydrogens is 384 g/mol. The van der Waals surface area contributed by atoms with Gasteiger partial charge in [0.15, 0.2) is 0 Å². The van der Waals surface area contributed by atoms with E-state index in [0.29, 0.717) is 31.1 Å². The predicted molar refractivity (Wildman–Crippen MR) is 109 cm³/mol. The number of amides is 1. The molecule has 154 valence electrons. The van der Waals surface area contributed by atoms with Gasteiger partial charge >= 0.3 is 5.97 Å². The number of carbonyl (C=O) groups excluding carboxylic acids is 1. The highest BCUT2D eigenvalue weighted by Gasteiger charge is 2.43. The van der Waals surface area contributed by atoms with Crippen molar-refractivity contribution in [2.24, 2.45) is 5.92 Å². The second-order valence-electron chi connectivity index (χ2n) is 7.27. The molecule has 0 spiro atoms. The molecule has 30 heavy (non-hydrogen) atoms. The lowest BCUT2D eigenvalue weighted by Crippen LogP contribution is -2.62. The van der Waals surface area contributed by atoms with E-state index in [9.17, 15) is 9.59 Å². The molecule has 2 atom stereocenters. The summed E-state index contributed by atoms with van der Waals surface area (Å²) in [6, 6.07) is 16.3. The fourth-order valence-corrected chi connectivity index (χ4v) is 3.51. The molecule has 0 aliphatic carbocycles. The third-order valence-electron chi connectivity index (χ3n) is 5.18. The lowest BCUT2D eigenvalue weighted by molar-refractivity contribution is -0.153. The van der Waals surface area contributed by atoms with Gasteiger partial charge < -0.3 is 19.6 Å². The van der Waals surface area contributed by atoms with Crippen LogP contribution in [0.1, 0.15) is 17.0 Å². The van der Waals surface area contributed by atoms with Crippen molar-refractivity contribution in [3.8, 4) is 17.2 Å². The predicted octanol–water partition coefficient (Wildman–Crippen LogP) is 3.01. The van der Waals surface area contributed by atoms with E-state index in [1.54, 1.807) is 0 Å². The van der Waals surface area contributed by atoms with Crippen LogP contribution < -0.4 is 10.1 Å². The quantitative estimate of drug-likeness (QED) is 0.558. The fraction of sp³-hybridized carbons (Fsp3) is 0.261. The monoisotopic (exact) mass is 406 g/mol. The maximum Gasteiger partial charge on any atom is 0.327 e. The normalized spacial score (nSPS) is 17.8. The van der Waals surface area contributed by atoms with E-state index < -0.39 is 17.9 Å². The van der Waals surface area contributed by atoms with Gasteiger partial charge in [-0.05, 0) is 43.2 Å². The number of carboxylic acid groups (broad SMARTS) is 1. The van der Waals surface area contributed by atoms with Crippen LogP contribution in [0.15, 0.2) is 59.0 Å². The highest BCUT2D eigenvalue weighted by atomic mass is 16.5. The minimum atomic E-state index is -1.01. The zero-order chi connectivity index (χ0) is 21.1. The van der Waals surface area contributed by atoms with Gasteiger partial charge in [0.1, 0.15) is 17.6 Å². The second-order valence-corrected chi connectivity index (χ2v) is 7.27. The van der Waals surface area contributed by atoms with E-state index in [1.807, 2.05) is 61.5 Å². The highest BCUT2D eigenvalue weighted by molar-refractivity contribution is 5.96. The number of carboxylic acids is 1. The summed E-state index contributed by atoms with van der Waals surface area (Å²) in [4.78, 5) is 27.4. The lowest BCUT2D eigenvalue weighted by atomic mass is 9.85. The molecule has 4 rings (SSSR count). The summed E-state index contributed by atoms with van der Waals surface area (Å²) in [5.74, 6) is 0.239. The molecule has 1 fully saturated rings. The number of carbonyl (C=O) groups is 2. The number of nitrogens with one attached hydrogen (secondary N) is 1. The maximum atomic E-state index is 11.7. The van der Waals surface area contributed by atoms with Crippen LogP contribution in [-0.4, -0.2) is 34.6 Å². The van der Waals surface area contributed by atoms with Gasteiger partial charge in [0, 0.05) is 12.0 Å². The molecule has 0 unspecified atom stereocenters. The summed E-state index contributed by atoms with van der Waals surface area (Å²) in [6.45, 7) is 2.31. The molecule has 1 aliphatic rings. The molecule has 7 heteroatoms. The number of aryl methyl sites for hydroxylation is 1. The first-order valence-corrected chi connectivity index (χ1v) is 9.78. The van der Waals surface area contributed by atoms with E-state index in [-0.39, 0.29) is 5.91 Å². The van der Waals surface area contributed by atoms with Crippen LogP contribution in [0.25, 0.3) is 11.5 Å². The summed E-state index contributed by atoms with van der Waals surface area (Å²) in [7, 11) is 0. The number of hydrogen-bond donors (Lipinski definition) is 2. The van der Waals surface area contributed by atoms with Crippen molar-refractivity contribution in [3.05, 3.63) is 71.6 Å². The number of hydrogen-bond acceptors (Lipinski definition) is 5. The number of nitrogens with zero attached hydrogens (tertiary/aromatic N) is 1. The molecule has 2 heterocycles. The third-order valence-corrected chi connectivity index (χ3v) is 5.18. The smallest absolute Gasteiger partial charge is 0.327 e. The summed E-state index contributed by atoms with van der Waals surface area (Å²) < 4.78 is 11.6. The topological polar surface area (TPSA) is 102 Å². The van der Waals surface area contributed by atoms with Crippen LogP contribution >= 0.6 is 0 Å². The molecule has 7 nitrogen and oxygen atoms in total. The van der Waals surface area contributed by atoms with Gasteiger partial charge in [-0.3, -0.25) is 4.79 Å². The first kappa shape index (κ1) is 19.7. The van der Waals surface area contributed by atoms with Gasteiger partial charge in [-0.1, -0.05) is 30.3 Å². The van der Waals surface area contributed by atoms with Gasteiger partial charge in [-0.15, -0.1) is 0 Å². The Balaban J connectivity index is 1.35. The van der Waals surface area contributed by atoms with Crippen molar-refractivity contribution in [2.45, 2.75) is 25.8 Å². The Morgan fingerprint density at radius 1 is 1.20 bits per heavy atom. The van der Waals surface area contributed by atoms with E-state index in [4.69, 9.17) is 14.3 Å². The molecule has 2 aromatic carbocycles. The van der Waals surface area contributed by atoms with Crippen molar-refractivity contribution >= 4 is 11.9 Å². The third kappa shape index (κ3) is 4.20. The van der Waals surface area contributed by atoms with Gasteiger partial charge in [0.25, 0.3) is 0 Å². The minimum Gasteiger partial charge on any atom is -0.493 e. The van der Waals surface area contributed by atoms with Crippen LogP contribution in [0.2, 0.25) is 0 Å². The first-order valence-electron chi connectivity index (χ1n) is 9.78. The summed E-state index contributed by atoms with van der Waals surface area (Å²) >= 11 is 0. The fourth-order valence-electron chi connectivity index (χ4n) is 3.51. The molecular formula is C23H22N2O5. The highest BCUT2D eigenvalue weighted by Crippen LogP contribution is 2.24. The Morgan fingerprint density at radius 3 is 2.73 bits per heavy atom. The lowest BCUT2D eigenvalue weighted by Gasteiger charge is -2.33. The number of rotatable bonds is 8. The number of aromatic nitrogens is 1. The molecule has 0 radical (unpaired) electrons. The number of aliphatic carboxylic acids is 1. The van der Waals surface area contributed by atoms with E-state index in [1.165, 1.54) is 0 Å². The van der Waals surface area contributed by atoms with Crippen molar-refractivity contribution < 1.29 is 23.8 Å². The molecule has 1 amide bonds. The van der Waals surface area contributed by atoms with Gasteiger partial charge in [0.2, 0.25) is 11.8 Å². The van der Waals surface area contributed by atoms with Crippen LogP contribution in [-0.2, 0) is 22.4 Å². The number of β-lactam (4-membered cyclic amide) rings is 1. The molecule has 2 N–H and O–H groups in total. The number of ether oxygens (including phenoxy) is 1. The van der Waals surface area contributed by atoms with E-state index in [0.717, 1.165) is 22.6 Å². The van der Waals surface area contributed by atoms with Crippen LogP contribution in [0.5, 0.6) is 5.75 Å². The summed E-state index contributed by atoms with van der Waals surface area (Å²) in [5.41, 5.74) is 2.64. The molecule has 0 saturated carbocycles. The van der Waals surface area contributed by atoms with Gasteiger partial charge in [0.05, 0.1) is 18.2 Å². The van der Waals surface area contributed by atoms with Crippen molar-refractivity contribution in [2.75, 3.05) is 6.61 Å². The number of oxazole rings is 1. The maximum absolute atomic E-state index is 11.7. The van der Waals surface area contributed by atoms with Crippen LogP contribution in [0, 0.1) is 12.8 Å². The number of benzene rings is 2. The standard InChI is InChI=1S/C23H22N2O5/c1-14-19(24-22(30-14)16-7-3-2-4-8-16)10-11-29-17-9-5-6-15(12-17)13-18-20(23(27)28)25-21(18)26/h2-9,12,18,20H,10-11,13H2,1H3,(H,25,26)(H,27,28)/t18-,20-/m0/s1.